The van der Waals surface area contributed by atoms with Gasteiger partial charge in [-0.15, -0.1) is 0 Å². The molecule has 0 atom stereocenters. The molecular formula is C26H18F3N3OS2. The summed E-state index contributed by atoms with van der Waals surface area (Å²) in [6, 6.07) is 23.1. The van der Waals surface area contributed by atoms with Gasteiger partial charge in [-0.3, -0.25) is 9.69 Å². The van der Waals surface area contributed by atoms with Crippen LogP contribution in [0.1, 0.15) is 11.3 Å². The zero-order valence-corrected chi connectivity index (χ0v) is 20.0. The van der Waals surface area contributed by atoms with E-state index in [2.05, 4.69) is 9.97 Å². The molecule has 0 bridgehead atoms. The Bertz CT molecular complexity index is 1360. The van der Waals surface area contributed by atoms with Gasteiger partial charge in [0.2, 0.25) is 5.91 Å². The van der Waals surface area contributed by atoms with Gasteiger partial charge in [-0.2, -0.15) is 13.2 Å². The molecule has 4 nitrogen and oxygen atoms in total. The van der Waals surface area contributed by atoms with E-state index in [0.29, 0.717) is 5.56 Å². The maximum Gasteiger partial charge on any atom is 0.433 e. The van der Waals surface area contributed by atoms with Crippen LogP contribution in [0.2, 0.25) is 0 Å². The van der Waals surface area contributed by atoms with Crippen LogP contribution < -0.4 is 4.90 Å². The second kappa shape index (κ2) is 9.39. The number of carbonyl (C=O) groups is 1. The molecule has 3 aromatic carbocycles. The van der Waals surface area contributed by atoms with Crippen molar-refractivity contribution >= 4 is 40.8 Å². The molecule has 0 spiro atoms. The van der Waals surface area contributed by atoms with Gasteiger partial charge in [-0.25, -0.2) is 9.97 Å². The molecule has 0 radical (unpaired) electrons. The lowest BCUT2D eigenvalue weighted by atomic mass is 10.1. The number of thioether (sulfide) groups is 1. The van der Waals surface area contributed by atoms with Gasteiger partial charge in [-0.1, -0.05) is 77.6 Å². The van der Waals surface area contributed by atoms with Crippen LogP contribution in [0.4, 0.5) is 24.5 Å². The van der Waals surface area contributed by atoms with Gasteiger partial charge in [0.15, 0.2) is 5.16 Å². The molecule has 0 saturated heterocycles. The molecule has 2 heterocycles. The Hall–Kier alpha value is -3.30. The van der Waals surface area contributed by atoms with Crippen molar-refractivity contribution in [2.24, 2.45) is 0 Å². The SMILES string of the molecule is Cc1ccc(-c2cc(C(F)(F)F)nc(SCC(=O)N3c4ccccc4Sc4ccccc43)n2)cc1. The fourth-order valence-corrected chi connectivity index (χ4v) is 5.44. The summed E-state index contributed by atoms with van der Waals surface area (Å²) < 4.78 is 40.7. The van der Waals surface area contributed by atoms with Crippen LogP contribution >= 0.6 is 23.5 Å². The Balaban J connectivity index is 1.45. The summed E-state index contributed by atoms with van der Waals surface area (Å²) in [6.07, 6.45) is -4.64. The fraction of sp³-hybridized carbons (Fsp3) is 0.115. The third-order valence-corrected chi connectivity index (χ3v) is 7.31. The smallest absolute Gasteiger partial charge is 0.278 e. The number of anilines is 2. The first kappa shape index (κ1) is 23.4. The van der Waals surface area contributed by atoms with E-state index in [1.54, 1.807) is 28.8 Å². The van der Waals surface area contributed by atoms with Gasteiger partial charge in [0, 0.05) is 15.4 Å². The van der Waals surface area contributed by atoms with E-state index in [1.807, 2.05) is 67.6 Å². The van der Waals surface area contributed by atoms with Crippen LogP contribution in [-0.4, -0.2) is 21.6 Å². The first-order chi connectivity index (χ1) is 16.8. The average molecular weight is 510 g/mol. The number of benzene rings is 3. The lowest BCUT2D eigenvalue weighted by Gasteiger charge is -2.30. The van der Waals surface area contributed by atoms with E-state index >= 15 is 0 Å². The van der Waals surface area contributed by atoms with E-state index in [0.717, 1.165) is 44.6 Å². The number of rotatable bonds is 4. The second-order valence-corrected chi connectivity index (χ2v) is 9.87. The Morgan fingerprint density at radius 2 is 1.51 bits per heavy atom. The van der Waals surface area contributed by atoms with Gasteiger partial charge < -0.3 is 0 Å². The minimum atomic E-state index is -4.64. The van der Waals surface area contributed by atoms with E-state index < -0.39 is 11.9 Å². The number of fused-ring (bicyclic) bond motifs is 2. The number of amides is 1. The fourth-order valence-electron chi connectivity index (χ4n) is 3.67. The highest BCUT2D eigenvalue weighted by atomic mass is 32.2. The number of alkyl halides is 3. The zero-order valence-electron chi connectivity index (χ0n) is 18.4. The highest BCUT2D eigenvalue weighted by Gasteiger charge is 2.34. The summed E-state index contributed by atoms with van der Waals surface area (Å²) in [5, 5.41) is -0.100. The van der Waals surface area contributed by atoms with Crippen LogP contribution in [-0.2, 0) is 11.0 Å². The van der Waals surface area contributed by atoms with Crippen LogP contribution in [0.25, 0.3) is 11.3 Å². The summed E-state index contributed by atoms with van der Waals surface area (Å²) in [6.45, 7) is 1.90. The maximum absolute atomic E-state index is 13.6. The van der Waals surface area contributed by atoms with Crippen molar-refractivity contribution in [1.29, 1.82) is 0 Å². The lowest BCUT2D eigenvalue weighted by Crippen LogP contribution is -2.30. The molecule has 0 aliphatic carbocycles. The van der Waals surface area contributed by atoms with Crippen molar-refractivity contribution < 1.29 is 18.0 Å². The third-order valence-electron chi connectivity index (χ3n) is 5.35. The number of hydrogen-bond donors (Lipinski definition) is 0. The zero-order chi connectivity index (χ0) is 24.6. The van der Waals surface area contributed by atoms with Gasteiger partial charge in [-0.05, 0) is 37.3 Å². The van der Waals surface area contributed by atoms with E-state index in [1.165, 1.54) is 0 Å². The van der Waals surface area contributed by atoms with Crippen molar-refractivity contribution in [3.05, 3.63) is 90.1 Å². The number of nitrogens with zero attached hydrogens (tertiary/aromatic N) is 3. The molecule has 0 N–H and O–H groups in total. The lowest BCUT2D eigenvalue weighted by molar-refractivity contribution is -0.141. The molecule has 5 rings (SSSR count). The molecule has 35 heavy (non-hydrogen) atoms. The predicted molar refractivity (Wildman–Crippen MR) is 132 cm³/mol. The van der Waals surface area contributed by atoms with Crippen molar-refractivity contribution in [2.75, 3.05) is 10.7 Å². The van der Waals surface area contributed by atoms with E-state index in [9.17, 15) is 18.0 Å². The molecule has 0 unspecified atom stereocenters. The highest BCUT2D eigenvalue weighted by molar-refractivity contribution is 8.00. The Morgan fingerprint density at radius 3 is 2.11 bits per heavy atom. The quantitative estimate of drug-likeness (QED) is 0.212. The standard InChI is InChI=1S/C26H18F3N3OS2/c1-16-10-12-17(13-11-16)18-14-23(26(27,28)29)31-25(30-18)34-15-24(33)32-19-6-2-4-8-21(19)35-22-9-5-3-7-20(22)32/h2-14H,15H2,1H3. The average Bonchev–Trinajstić information content (AvgIpc) is 2.85. The summed E-state index contributed by atoms with van der Waals surface area (Å²) >= 11 is 2.47. The van der Waals surface area contributed by atoms with E-state index in [-0.39, 0.29) is 22.5 Å². The normalized spacial score (nSPS) is 12.7. The van der Waals surface area contributed by atoms with Crippen LogP contribution in [0.15, 0.2) is 93.8 Å². The summed E-state index contributed by atoms with van der Waals surface area (Å²) in [4.78, 5) is 24.9. The number of hydrogen-bond acceptors (Lipinski definition) is 5. The highest BCUT2D eigenvalue weighted by Crippen LogP contribution is 2.48. The van der Waals surface area contributed by atoms with E-state index in [4.69, 9.17) is 0 Å². The van der Waals surface area contributed by atoms with Crippen molar-refractivity contribution in [2.45, 2.75) is 28.0 Å². The second-order valence-electron chi connectivity index (χ2n) is 7.84. The van der Waals surface area contributed by atoms with Crippen LogP contribution in [0.5, 0.6) is 0 Å². The largest absolute Gasteiger partial charge is 0.433 e. The topological polar surface area (TPSA) is 46.1 Å². The van der Waals surface area contributed by atoms with Gasteiger partial charge >= 0.3 is 6.18 Å². The van der Waals surface area contributed by atoms with Gasteiger partial charge in [0.25, 0.3) is 0 Å². The molecule has 1 aromatic heterocycles. The molecular weight excluding hydrogens is 491 g/mol. The molecule has 4 aromatic rings. The first-order valence-corrected chi connectivity index (χ1v) is 12.4. The van der Waals surface area contributed by atoms with Crippen LogP contribution in [0.3, 0.4) is 0 Å². The summed E-state index contributed by atoms with van der Waals surface area (Å²) in [7, 11) is 0. The van der Waals surface area contributed by atoms with Gasteiger partial charge in [0.1, 0.15) is 5.69 Å². The van der Waals surface area contributed by atoms with Gasteiger partial charge in [0.05, 0.1) is 22.8 Å². The number of para-hydroxylation sites is 2. The number of aryl methyl sites for hydroxylation is 1. The molecule has 0 fully saturated rings. The molecule has 1 aliphatic heterocycles. The molecule has 176 valence electrons. The molecule has 1 aliphatic rings. The van der Waals surface area contributed by atoms with Crippen molar-refractivity contribution in [3.8, 4) is 11.3 Å². The Labute approximate surface area is 208 Å². The number of halogens is 3. The van der Waals surface area contributed by atoms with Crippen molar-refractivity contribution in [3.63, 3.8) is 0 Å². The summed E-state index contributed by atoms with van der Waals surface area (Å²) in [5.74, 6) is -0.393. The minimum absolute atomic E-state index is 0.100. The summed E-state index contributed by atoms with van der Waals surface area (Å²) in [5.41, 5.74) is 2.14. The minimum Gasteiger partial charge on any atom is -0.278 e. The number of carbonyl (C=O) groups excluding carboxylic acids is 1. The third kappa shape index (κ3) is 4.92. The molecule has 0 saturated carbocycles. The number of aromatic nitrogens is 2. The molecule has 9 heteroatoms. The monoisotopic (exact) mass is 509 g/mol. The maximum atomic E-state index is 13.6. The van der Waals surface area contributed by atoms with Crippen LogP contribution in [0, 0.1) is 6.92 Å². The Morgan fingerprint density at radius 1 is 0.914 bits per heavy atom. The first-order valence-electron chi connectivity index (χ1n) is 10.6. The molecule has 1 amide bonds. The van der Waals surface area contributed by atoms with Crippen molar-refractivity contribution in [1.82, 2.24) is 9.97 Å². The predicted octanol–water partition coefficient (Wildman–Crippen LogP) is 7.39. The Kier molecular flexibility index (Phi) is 6.29.